The van der Waals surface area contributed by atoms with Gasteiger partial charge in [0.1, 0.15) is 11.9 Å². The summed E-state index contributed by atoms with van der Waals surface area (Å²) in [6.07, 6.45) is -1.11. The average Bonchev–Trinajstić information content (AvgIpc) is 3.34. The number of ether oxygens (including phenoxy) is 1. The Balaban J connectivity index is 1.49. The molecule has 1 saturated heterocycles. The number of carbonyl (C=O) groups excluding carboxylic acids is 1. The summed E-state index contributed by atoms with van der Waals surface area (Å²) >= 11 is 0. The molecule has 0 aromatic heterocycles. The number of primary amides is 1. The summed E-state index contributed by atoms with van der Waals surface area (Å²) in [7, 11) is 0. The van der Waals surface area contributed by atoms with Crippen molar-refractivity contribution in [3.63, 3.8) is 0 Å². The molecule has 2 atom stereocenters. The lowest BCUT2D eigenvalue weighted by Gasteiger charge is -2.40. The normalized spacial score (nSPS) is 21.1. The summed E-state index contributed by atoms with van der Waals surface area (Å²) in [5.41, 5.74) is 6.45. The molecule has 0 radical (unpaired) electrons. The number of amides is 1. The van der Waals surface area contributed by atoms with Gasteiger partial charge in [-0.3, -0.25) is 9.69 Å². The first kappa shape index (κ1) is 27.8. The number of aliphatic hydroxyl groups excluding tert-OH is 1. The van der Waals surface area contributed by atoms with Crippen LogP contribution in [0.25, 0.3) is 0 Å². The predicted octanol–water partition coefficient (Wildman–Crippen LogP) is 6.02. The van der Waals surface area contributed by atoms with Gasteiger partial charge in [0, 0.05) is 31.1 Å². The lowest BCUT2D eigenvalue weighted by atomic mass is 9.69. The van der Waals surface area contributed by atoms with Gasteiger partial charge in [0.05, 0.1) is 17.1 Å². The first-order valence-electron chi connectivity index (χ1n) is 12.9. The van der Waals surface area contributed by atoms with Crippen molar-refractivity contribution in [1.29, 1.82) is 0 Å². The summed E-state index contributed by atoms with van der Waals surface area (Å²) in [6, 6.07) is 19.1. The van der Waals surface area contributed by atoms with Crippen molar-refractivity contribution >= 4 is 5.91 Å². The van der Waals surface area contributed by atoms with Crippen LogP contribution in [0.4, 0.5) is 13.2 Å². The van der Waals surface area contributed by atoms with Gasteiger partial charge in [-0.15, -0.1) is 0 Å². The molecular weight excluding hydrogens is 493 g/mol. The number of carbonyl (C=O) groups is 1. The van der Waals surface area contributed by atoms with E-state index in [0.29, 0.717) is 32.4 Å². The molecule has 0 saturated carbocycles. The van der Waals surface area contributed by atoms with E-state index in [-0.39, 0.29) is 23.2 Å². The lowest BCUT2D eigenvalue weighted by Crippen LogP contribution is -2.47. The van der Waals surface area contributed by atoms with Crippen molar-refractivity contribution in [2.24, 2.45) is 11.7 Å². The van der Waals surface area contributed by atoms with Crippen molar-refractivity contribution in [3.8, 4) is 0 Å². The van der Waals surface area contributed by atoms with Gasteiger partial charge in [-0.2, -0.15) is 13.2 Å². The van der Waals surface area contributed by atoms with Gasteiger partial charge in [-0.05, 0) is 50.3 Å². The van der Waals surface area contributed by atoms with Crippen LogP contribution in [0.2, 0.25) is 0 Å². The van der Waals surface area contributed by atoms with Gasteiger partial charge < -0.3 is 15.6 Å². The van der Waals surface area contributed by atoms with Crippen LogP contribution in [0, 0.1) is 5.92 Å². The molecule has 5 nitrogen and oxygen atoms in total. The minimum absolute atomic E-state index is 0.0571. The number of nitrogens with zero attached hydrogens (tertiary/aromatic N) is 1. The maximum atomic E-state index is 13.2. The number of benzene rings is 2. The molecule has 1 fully saturated rings. The predicted molar refractivity (Wildman–Crippen MR) is 140 cm³/mol. The average molecular weight is 529 g/mol. The van der Waals surface area contributed by atoms with Crippen LogP contribution in [0.15, 0.2) is 84.3 Å². The number of allylic oxidation sites excluding steroid dienone is 3. The minimum atomic E-state index is -4.44. The Labute approximate surface area is 221 Å². The summed E-state index contributed by atoms with van der Waals surface area (Å²) < 4.78 is 45.6. The highest BCUT2D eigenvalue weighted by Crippen LogP contribution is 2.41. The van der Waals surface area contributed by atoms with Crippen molar-refractivity contribution < 1.29 is 27.8 Å². The van der Waals surface area contributed by atoms with E-state index in [9.17, 15) is 23.1 Å². The molecular formula is C30H35F3N2O3. The first-order valence-corrected chi connectivity index (χ1v) is 12.9. The molecule has 0 bridgehead atoms. The van der Waals surface area contributed by atoms with Crippen LogP contribution in [0.5, 0.6) is 0 Å². The van der Waals surface area contributed by atoms with Gasteiger partial charge in [0.15, 0.2) is 0 Å². The molecule has 1 aliphatic heterocycles. The largest absolute Gasteiger partial charge is 0.512 e. The minimum Gasteiger partial charge on any atom is -0.512 e. The smallest absolute Gasteiger partial charge is 0.395 e. The van der Waals surface area contributed by atoms with E-state index in [1.54, 1.807) is 0 Å². The summed E-state index contributed by atoms with van der Waals surface area (Å²) in [4.78, 5) is 15.4. The zero-order valence-corrected chi connectivity index (χ0v) is 21.7. The standard InChI is InChI=1S/C30H35F3N2O3/c1-28(2,35-16-13-25(20-35)38-26-18-23(30(31,32)33)17-24(36)19-26)14-15-29(27(34)37,21-9-5-3-6-10-21)22-11-7-4-8-12-22/h3-12,18-19,23,25,36H,13-17,20H2,1-2H3,(H2,34,37)/t23?,25-/m1/s1. The third-order valence-corrected chi connectivity index (χ3v) is 7.89. The van der Waals surface area contributed by atoms with E-state index in [1.165, 1.54) is 6.08 Å². The number of alkyl halides is 3. The van der Waals surface area contributed by atoms with Gasteiger partial charge in [0.25, 0.3) is 0 Å². The van der Waals surface area contributed by atoms with Crippen LogP contribution >= 0.6 is 0 Å². The Kier molecular flexibility index (Phi) is 7.93. The summed E-state index contributed by atoms with van der Waals surface area (Å²) in [5.74, 6) is -2.44. The maximum Gasteiger partial charge on any atom is 0.395 e. The molecule has 1 heterocycles. The van der Waals surface area contributed by atoms with Crippen LogP contribution < -0.4 is 5.73 Å². The first-order chi connectivity index (χ1) is 17.9. The zero-order chi connectivity index (χ0) is 27.6. The molecule has 3 N–H and O–H groups in total. The van der Waals surface area contributed by atoms with Crippen molar-refractivity contribution in [2.75, 3.05) is 13.1 Å². The summed E-state index contributed by atoms with van der Waals surface area (Å²) in [5, 5.41) is 9.84. The quantitative estimate of drug-likeness (QED) is 0.418. The molecule has 2 aromatic rings. The molecule has 38 heavy (non-hydrogen) atoms. The fourth-order valence-corrected chi connectivity index (χ4v) is 5.56. The van der Waals surface area contributed by atoms with E-state index in [4.69, 9.17) is 10.5 Å². The van der Waals surface area contributed by atoms with E-state index >= 15 is 0 Å². The molecule has 2 aromatic carbocycles. The monoisotopic (exact) mass is 528 g/mol. The van der Waals surface area contributed by atoms with Gasteiger partial charge in [0.2, 0.25) is 5.91 Å². The second-order valence-corrected chi connectivity index (χ2v) is 10.8. The highest BCUT2D eigenvalue weighted by Gasteiger charge is 2.44. The Morgan fingerprint density at radius 1 is 1.03 bits per heavy atom. The topological polar surface area (TPSA) is 75.8 Å². The van der Waals surface area contributed by atoms with Gasteiger partial charge in [-0.1, -0.05) is 60.7 Å². The number of hydrogen-bond donors (Lipinski definition) is 2. The second-order valence-electron chi connectivity index (χ2n) is 10.8. The molecule has 8 heteroatoms. The maximum absolute atomic E-state index is 13.2. The van der Waals surface area contributed by atoms with E-state index < -0.39 is 29.8 Å². The zero-order valence-electron chi connectivity index (χ0n) is 21.7. The van der Waals surface area contributed by atoms with Crippen LogP contribution in [-0.2, 0) is 14.9 Å². The molecule has 0 spiro atoms. The number of likely N-dealkylation sites (tertiary alicyclic amines) is 1. The van der Waals surface area contributed by atoms with E-state index in [1.807, 2.05) is 60.7 Å². The molecule has 1 amide bonds. The molecule has 1 aliphatic carbocycles. The highest BCUT2D eigenvalue weighted by molar-refractivity contribution is 5.90. The Morgan fingerprint density at radius 3 is 2.13 bits per heavy atom. The lowest BCUT2D eigenvalue weighted by molar-refractivity contribution is -0.163. The number of hydrogen-bond acceptors (Lipinski definition) is 4. The summed E-state index contributed by atoms with van der Waals surface area (Å²) in [6.45, 7) is 5.42. The van der Waals surface area contributed by atoms with Crippen molar-refractivity contribution in [1.82, 2.24) is 4.90 Å². The number of nitrogens with two attached hydrogens (primary N) is 1. The van der Waals surface area contributed by atoms with E-state index in [2.05, 4.69) is 18.7 Å². The third-order valence-electron chi connectivity index (χ3n) is 7.89. The Bertz CT molecular complexity index is 1140. The number of halogens is 3. The van der Waals surface area contributed by atoms with Crippen LogP contribution in [-0.4, -0.2) is 46.8 Å². The van der Waals surface area contributed by atoms with Crippen LogP contribution in [0.3, 0.4) is 0 Å². The van der Waals surface area contributed by atoms with Gasteiger partial charge >= 0.3 is 6.18 Å². The van der Waals surface area contributed by atoms with E-state index in [0.717, 1.165) is 17.2 Å². The highest BCUT2D eigenvalue weighted by atomic mass is 19.4. The van der Waals surface area contributed by atoms with Crippen LogP contribution in [0.1, 0.15) is 50.7 Å². The van der Waals surface area contributed by atoms with Crippen molar-refractivity contribution in [3.05, 3.63) is 95.5 Å². The fourth-order valence-electron chi connectivity index (χ4n) is 5.56. The number of rotatable bonds is 9. The van der Waals surface area contributed by atoms with Crippen molar-refractivity contribution in [2.45, 2.75) is 62.8 Å². The Hall–Kier alpha value is -3.26. The molecule has 1 unspecified atom stereocenters. The Morgan fingerprint density at radius 2 is 1.61 bits per heavy atom. The molecule has 204 valence electrons. The molecule has 4 rings (SSSR count). The number of aliphatic hydroxyl groups is 1. The van der Waals surface area contributed by atoms with Gasteiger partial charge in [-0.25, -0.2) is 0 Å². The second kappa shape index (κ2) is 10.8. The molecule has 2 aliphatic rings. The fraction of sp³-hybridized carbons (Fsp3) is 0.433. The third kappa shape index (κ3) is 5.90. The SMILES string of the molecule is CC(C)(CCC(C(N)=O)(c1ccccc1)c1ccccc1)N1CC[C@@H](OC2=CC(C(F)(F)F)CC(O)=C2)C1.